The van der Waals surface area contributed by atoms with E-state index in [0.29, 0.717) is 0 Å². The fourth-order valence-corrected chi connectivity index (χ4v) is 1.10. The van der Waals surface area contributed by atoms with Crippen LogP contribution in [-0.4, -0.2) is 6.21 Å². The van der Waals surface area contributed by atoms with Crippen LogP contribution in [0.15, 0.2) is 43.0 Å². The van der Waals surface area contributed by atoms with Gasteiger partial charge in [-0.1, -0.05) is 48.6 Å². The summed E-state index contributed by atoms with van der Waals surface area (Å²) in [4.78, 5) is 0. The molecule has 1 nitrogen and oxygen atoms in total. The van der Waals surface area contributed by atoms with Gasteiger partial charge in [0.15, 0.2) is 0 Å². The van der Waals surface area contributed by atoms with Crippen molar-refractivity contribution in [2.75, 3.05) is 0 Å². The summed E-state index contributed by atoms with van der Waals surface area (Å²) < 4.78 is 0. The zero-order valence-corrected chi connectivity index (χ0v) is 7.75. The molecule has 0 bridgehead atoms. The molecule has 0 fully saturated rings. The third kappa shape index (κ3) is 2.41. The summed E-state index contributed by atoms with van der Waals surface area (Å²) in [5, 5.41) is 7.21. The Hall–Kier alpha value is -1.63. The quantitative estimate of drug-likeness (QED) is 0.533. The minimum absolute atomic E-state index is 0.884. The lowest BCUT2D eigenvalue weighted by molar-refractivity contribution is 1.46. The van der Waals surface area contributed by atoms with Gasteiger partial charge < -0.3 is 5.41 Å². The molecule has 0 amide bonds. The predicted molar refractivity (Wildman–Crippen MR) is 58.1 cm³/mol. The largest absolute Gasteiger partial charge is 0.308 e. The third-order valence-corrected chi connectivity index (χ3v) is 1.84. The van der Waals surface area contributed by atoms with Gasteiger partial charge >= 0.3 is 0 Å². The summed E-state index contributed by atoms with van der Waals surface area (Å²) in [7, 11) is 0. The van der Waals surface area contributed by atoms with Crippen LogP contribution in [0.4, 0.5) is 0 Å². The molecule has 1 aromatic rings. The Morgan fingerprint density at radius 1 is 1.31 bits per heavy atom. The molecule has 1 aromatic carbocycles. The molecule has 1 rings (SSSR count). The highest BCUT2D eigenvalue weighted by Crippen LogP contribution is 2.12. The first-order valence-electron chi connectivity index (χ1n) is 4.18. The maximum atomic E-state index is 7.21. The van der Waals surface area contributed by atoms with Crippen molar-refractivity contribution in [1.29, 1.82) is 5.41 Å². The van der Waals surface area contributed by atoms with Gasteiger partial charge in [-0.25, -0.2) is 0 Å². The summed E-state index contributed by atoms with van der Waals surface area (Å²) in [6.45, 7) is 5.66. The Balaban J connectivity index is 3.06. The van der Waals surface area contributed by atoms with Gasteiger partial charge in [0.1, 0.15) is 0 Å². The number of nitrogens with one attached hydrogen (secondary N) is 1. The molecule has 0 unspecified atom stereocenters. The molecular weight excluding hydrogens is 158 g/mol. The summed E-state index contributed by atoms with van der Waals surface area (Å²) in [5.41, 5.74) is 3.17. The summed E-state index contributed by atoms with van der Waals surface area (Å²) in [6, 6.07) is 8.09. The molecule has 0 saturated carbocycles. The molecule has 66 valence electrons. The lowest BCUT2D eigenvalue weighted by Gasteiger charge is -2.00. The van der Waals surface area contributed by atoms with Gasteiger partial charge in [-0.15, -0.1) is 0 Å². The van der Waals surface area contributed by atoms with Crippen LogP contribution in [0.5, 0.6) is 0 Å². The molecule has 1 heteroatoms. The van der Waals surface area contributed by atoms with E-state index in [2.05, 4.69) is 6.58 Å². The van der Waals surface area contributed by atoms with Crippen molar-refractivity contribution in [2.24, 2.45) is 0 Å². The van der Waals surface area contributed by atoms with Gasteiger partial charge in [0.25, 0.3) is 0 Å². The Morgan fingerprint density at radius 3 is 2.38 bits per heavy atom. The SMILES string of the molecule is C=C/C=C(\C=N)c1ccc(C)cc1. The monoisotopic (exact) mass is 171 g/mol. The summed E-state index contributed by atoms with van der Waals surface area (Å²) in [5.74, 6) is 0. The number of rotatable bonds is 3. The molecule has 0 aliphatic carbocycles. The molecule has 0 aliphatic heterocycles. The van der Waals surface area contributed by atoms with E-state index in [9.17, 15) is 0 Å². The van der Waals surface area contributed by atoms with Gasteiger partial charge in [-0.2, -0.15) is 0 Å². The van der Waals surface area contributed by atoms with E-state index in [4.69, 9.17) is 5.41 Å². The molecule has 0 spiro atoms. The van der Waals surface area contributed by atoms with Crippen molar-refractivity contribution >= 4 is 11.8 Å². The average molecular weight is 171 g/mol. The molecule has 1 N–H and O–H groups in total. The maximum absolute atomic E-state index is 7.21. The van der Waals surface area contributed by atoms with Crippen molar-refractivity contribution in [3.8, 4) is 0 Å². The van der Waals surface area contributed by atoms with E-state index < -0.39 is 0 Å². The highest BCUT2D eigenvalue weighted by Gasteiger charge is 1.95. The van der Waals surface area contributed by atoms with E-state index in [1.54, 1.807) is 6.08 Å². The van der Waals surface area contributed by atoms with Crippen molar-refractivity contribution < 1.29 is 0 Å². The number of hydrogen-bond donors (Lipinski definition) is 1. The van der Waals surface area contributed by atoms with Crippen molar-refractivity contribution in [1.82, 2.24) is 0 Å². The second kappa shape index (κ2) is 4.41. The molecule has 0 heterocycles. The smallest absolute Gasteiger partial charge is 0.0256 e. The van der Waals surface area contributed by atoms with E-state index in [1.165, 1.54) is 11.8 Å². The molecule has 0 saturated heterocycles. The highest BCUT2D eigenvalue weighted by molar-refractivity contribution is 6.08. The van der Waals surface area contributed by atoms with Crippen LogP contribution in [0.1, 0.15) is 11.1 Å². The van der Waals surface area contributed by atoms with Crippen LogP contribution in [0.3, 0.4) is 0 Å². The van der Waals surface area contributed by atoms with Gasteiger partial charge in [0.05, 0.1) is 0 Å². The van der Waals surface area contributed by atoms with Crippen molar-refractivity contribution in [3.05, 3.63) is 54.1 Å². The molecule has 13 heavy (non-hydrogen) atoms. The number of aryl methyl sites for hydroxylation is 1. The van der Waals surface area contributed by atoms with E-state index in [0.717, 1.165) is 11.1 Å². The minimum Gasteiger partial charge on any atom is -0.308 e. The minimum atomic E-state index is 0.884. The summed E-state index contributed by atoms with van der Waals surface area (Å²) >= 11 is 0. The zero-order valence-electron chi connectivity index (χ0n) is 7.75. The van der Waals surface area contributed by atoms with Crippen LogP contribution >= 0.6 is 0 Å². The van der Waals surface area contributed by atoms with Gasteiger partial charge in [0, 0.05) is 6.21 Å². The molecule has 0 aromatic heterocycles. The Kier molecular flexibility index (Phi) is 3.21. The first-order chi connectivity index (χ1) is 6.27. The molecular formula is C12H13N. The number of allylic oxidation sites excluding steroid dienone is 3. The lowest BCUT2D eigenvalue weighted by atomic mass is 10.1. The van der Waals surface area contributed by atoms with Crippen LogP contribution in [0.25, 0.3) is 5.57 Å². The Labute approximate surface area is 78.9 Å². The van der Waals surface area contributed by atoms with E-state index >= 15 is 0 Å². The van der Waals surface area contributed by atoms with Gasteiger partial charge in [-0.3, -0.25) is 0 Å². The van der Waals surface area contributed by atoms with Crippen molar-refractivity contribution in [2.45, 2.75) is 6.92 Å². The van der Waals surface area contributed by atoms with Crippen LogP contribution in [0, 0.1) is 12.3 Å². The van der Waals surface area contributed by atoms with Crippen molar-refractivity contribution in [3.63, 3.8) is 0 Å². The van der Waals surface area contributed by atoms with Gasteiger partial charge in [0.2, 0.25) is 0 Å². The van der Waals surface area contributed by atoms with E-state index in [1.807, 2.05) is 37.3 Å². The van der Waals surface area contributed by atoms with Gasteiger partial charge in [-0.05, 0) is 18.1 Å². The Bertz CT molecular complexity index is 331. The standard InChI is InChI=1S/C12H13N/c1-3-4-12(9-13)11-7-5-10(2)6-8-11/h3-9,13H,1H2,2H3/b12-4+,13-9?. The number of benzene rings is 1. The molecule has 0 aliphatic rings. The highest BCUT2D eigenvalue weighted by atomic mass is 14.3. The fraction of sp³-hybridized carbons (Fsp3) is 0.0833. The molecule has 0 radical (unpaired) electrons. The fourth-order valence-electron chi connectivity index (χ4n) is 1.10. The first-order valence-corrected chi connectivity index (χ1v) is 4.18. The third-order valence-electron chi connectivity index (χ3n) is 1.84. The Morgan fingerprint density at radius 2 is 1.92 bits per heavy atom. The topological polar surface area (TPSA) is 23.9 Å². The predicted octanol–water partition coefficient (Wildman–Crippen LogP) is 3.21. The second-order valence-corrected chi connectivity index (χ2v) is 2.87. The first kappa shape index (κ1) is 9.46. The lowest BCUT2D eigenvalue weighted by Crippen LogP contribution is -1.84. The van der Waals surface area contributed by atoms with Crippen LogP contribution < -0.4 is 0 Å². The van der Waals surface area contributed by atoms with E-state index in [-0.39, 0.29) is 0 Å². The second-order valence-electron chi connectivity index (χ2n) is 2.87. The van der Waals surface area contributed by atoms with Crippen LogP contribution in [0.2, 0.25) is 0 Å². The normalized spacial score (nSPS) is 11.0. The van der Waals surface area contributed by atoms with Crippen LogP contribution in [-0.2, 0) is 0 Å². The summed E-state index contributed by atoms with van der Waals surface area (Å²) in [6.07, 6.45) is 4.87. The number of hydrogen-bond acceptors (Lipinski definition) is 1. The molecule has 0 atom stereocenters. The zero-order chi connectivity index (χ0) is 9.68. The maximum Gasteiger partial charge on any atom is 0.0256 e. The average Bonchev–Trinajstić information content (AvgIpc) is 2.16.